The molecule has 3 aromatic rings. The summed E-state index contributed by atoms with van der Waals surface area (Å²) in [6, 6.07) is 6.70. The Morgan fingerprint density at radius 1 is 1.08 bits per heavy atom. The van der Waals surface area contributed by atoms with Gasteiger partial charge in [-0.05, 0) is 44.0 Å². The molecule has 7 nitrogen and oxygen atoms in total. The molecule has 0 spiro atoms. The topological polar surface area (TPSA) is 86.2 Å². The Hall–Kier alpha value is -2.61. The summed E-state index contributed by atoms with van der Waals surface area (Å²) < 4.78 is 4.60. The van der Waals surface area contributed by atoms with Crippen LogP contribution in [0, 0.1) is 6.92 Å². The second-order valence-electron chi connectivity index (χ2n) is 6.54. The number of fused-ring (bicyclic) bond motifs is 1. The molecule has 1 saturated carbocycles. The Kier molecular flexibility index (Phi) is 3.69. The van der Waals surface area contributed by atoms with Gasteiger partial charge in [0.15, 0.2) is 0 Å². The standard InChI is InChI=1S/C18H16BrN3O4/c1-9-14(23)13-15(20(2)16(9)24)21(11-7-8-11)18(26)22(17(13)25)12-5-3-10(19)4-6-12/h3-6,11,23H,7-8H2,1-2H3. The Morgan fingerprint density at radius 2 is 1.69 bits per heavy atom. The monoisotopic (exact) mass is 417 g/mol. The van der Waals surface area contributed by atoms with Crippen LogP contribution in [0.4, 0.5) is 0 Å². The molecule has 26 heavy (non-hydrogen) atoms. The van der Waals surface area contributed by atoms with E-state index in [0.717, 1.165) is 21.9 Å². The van der Waals surface area contributed by atoms with E-state index in [2.05, 4.69) is 15.9 Å². The summed E-state index contributed by atoms with van der Waals surface area (Å²) in [6.07, 6.45) is 1.58. The molecule has 0 unspecified atom stereocenters. The number of hydrogen-bond donors (Lipinski definition) is 1. The molecule has 1 aromatic carbocycles. The van der Waals surface area contributed by atoms with Crippen molar-refractivity contribution in [3.8, 4) is 11.4 Å². The van der Waals surface area contributed by atoms with E-state index >= 15 is 0 Å². The van der Waals surface area contributed by atoms with Crippen LogP contribution in [-0.2, 0) is 7.05 Å². The molecule has 0 atom stereocenters. The van der Waals surface area contributed by atoms with E-state index in [1.54, 1.807) is 24.3 Å². The van der Waals surface area contributed by atoms with Crippen molar-refractivity contribution < 1.29 is 5.11 Å². The lowest BCUT2D eigenvalue weighted by atomic mass is 10.2. The zero-order valence-corrected chi connectivity index (χ0v) is 15.8. The molecule has 0 bridgehead atoms. The third kappa shape index (κ3) is 2.28. The lowest BCUT2D eigenvalue weighted by molar-refractivity contribution is 0.472. The highest BCUT2D eigenvalue weighted by Gasteiger charge is 2.31. The van der Waals surface area contributed by atoms with Crippen molar-refractivity contribution in [1.29, 1.82) is 0 Å². The molecular formula is C18H16BrN3O4. The summed E-state index contributed by atoms with van der Waals surface area (Å²) in [5, 5.41) is 10.5. The van der Waals surface area contributed by atoms with E-state index in [4.69, 9.17) is 0 Å². The lowest BCUT2D eigenvalue weighted by Gasteiger charge is -2.17. The highest BCUT2D eigenvalue weighted by Crippen LogP contribution is 2.36. The molecule has 1 N–H and O–H groups in total. The van der Waals surface area contributed by atoms with E-state index in [1.807, 2.05) is 0 Å². The molecule has 0 aliphatic heterocycles. The molecule has 8 heteroatoms. The molecule has 0 amide bonds. The van der Waals surface area contributed by atoms with Gasteiger partial charge in [-0.25, -0.2) is 9.36 Å². The first-order valence-electron chi connectivity index (χ1n) is 8.18. The van der Waals surface area contributed by atoms with Gasteiger partial charge < -0.3 is 5.11 Å². The highest BCUT2D eigenvalue weighted by atomic mass is 79.9. The predicted octanol–water partition coefficient (Wildman–Crippen LogP) is 1.96. The molecule has 1 aliphatic carbocycles. The summed E-state index contributed by atoms with van der Waals surface area (Å²) in [5.74, 6) is -0.367. The third-order valence-electron chi connectivity index (χ3n) is 4.80. The molecule has 2 heterocycles. The van der Waals surface area contributed by atoms with Gasteiger partial charge >= 0.3 is 5.69 Å². The quantitative estimate of drug-likeness (QED) is 0.690. The predicted molar refractivity (Wildman–Crippen MR) is 101 cm³/mol. The van der Waals surface area contributed by atoms with E-state index in [0.29, 0.717) is 5.69 Å². The number of benzene rings is 1. The number of aromatic nitrogens is 3. The molecule has 2 aromatic heterocycles. The van der Waals surface area contributed by atoms with Crippen LogP contribution in [0.15, 0.2) is 43.1 Å². The summed E-state index contributed by atoms with van der Waals surface area (Å²) >= 11 is 3.33. The second-order valence-corrected chi connectivity index (χ2v) is 7.45. The van der Waals surface area contributed by atoms with Crippen molar-refractivity contribution in [2.45, 2.75) is 25.8 Å². The van der Waals surface area contributed by atoms with E-state index in [1.165, 1.54) is 23.1 Å². The van der Waals surface area contributed by atoms with Crippen LogP contribution in [0.25, 0.3) is 16.7 Å². The van der Waals surface area contributed by atoms with E-state index < -0.39 is 16.8 Å². The largest absolute Gasteiger partial charge is 0.506 e. The maximum absolute atomic E-state index is 13.1. The first-order valence-corrected chi connectivity index (χ1v) is 8.98. The number of halogens is 1. The van der Waals surface area contributed by atoms with Crippen LogP contribution in [0.5, 0.6) is 5.75 Å². The van der Waals surface area contributed by atoms with Gasteiger partial charge in [0.25, 0.3) is 11.1 Å². The van der Waals surface area contributed by atoms with Crippen LogP contribution in [-0.4, -0.2) is 18.8 Å². The van der Waals surface area contributed by atoms with Crippen molar-refractivity contribution in [2.75, 3.05) is 0 Å². The minimum Gasteiger partial charge on any atom is -0.506 e. The van der Waals surface area contributed by atoms with Gasteiger partial charge in [-0.3, -0.25) is 18.7 Å². The normalized spacial score (nSPS) is 14.1. The molecule has 0 saturated heterocycles. The summed E-state index contributed by atoms with van der Waals surface area (Å²) in [6.45, 7) is 1.47. The molecule has 0 radical (unpaired) electrons. The first-order chi connectivity index (χ1) is 12.3. The van der Waals surface area contributed by atoms with Crippen molar-refractivity contribution in [3.63, 3.8) is 0 Å². The van der Waals surface area contributed by atoms with Crippen molar-refractivity contribution in [3.05, 3.63) is 65.5 Å². The van der Waals surface area contributed by atoms with Crippen molar-refractivity contribution >= 4 is 27.0 Å². The van der Waals surface area contributed by atoms with E-state index in [-0.39, 0.29) is 28.4 Å². The maximum Gasteiger partial charge on any atom is 0.337 e. The Labute approximate surface area is 155 Å². The third-order valence-corrected chi connectivity index (χ3v) is 5.33. The lowest BCUT2D eigenvalue weighted by Crippen LogP contribution is -2.41. The second kappa shape index (κ2) is 5.70. The number of aryl methyl sites for hydroxylation is 1. The fourth-order valence-corrected chi connectivity index (χ4v) is 3.53. The SMILES string of the molecule is Cc1c(O)c2c(=O)n(-c3ccc(Br)cc3)c(=O)n(C3CC3)c2n(C)c1=O. The number of aromatic hydroxyl groups is 1. The van der Waals surface area contributed by atoms with Crippen LogP contribution in [0.1, 0.15) is 24.4 Å². The molecule has 4 rings (SSSR count). The number of nitrogens with zero attached hydrogens (tertiary/aromatic N) is 3. The fraction of sp³-hybridized carbons (Fsp3) is 0.278. The van der Waals surface area contributed by atoms with Crippen molar-refractivity contribution in [2.24, 2.45) is 7.05 Å². The Morgan fingerprint density at radius 3 is 2.27 bits per heavy atom. The number of pyridine rings is 1. The average Bonchev–Trinajstić information content (AvgIpc) is 3.44. The van der Waals surface area contributed by atoms with Gasteiger partial charge in [-0.1, -0.05) is 15.9 Å². The molecule has 1 aliphatic rings. The smallest absolute Gasteiger partial charge is 0.337 e. The zero-order valence-electron chi connectivity index (χ0n) is 14.2. The zero-order chi connectivity index (χ0) is 18.7. The van der Waals surface area contributed by atoms with Gasteiger partial charge in [0.2, 0.25) is 0 Å². The highest BCUT2D eigenvalue weighted by molar-refractivity contribution is 9.10. The minimum atomic E-state index is -0.638. The summed E-state index contributed by atoms with van der Waals surface area (Å²) in [4.78, 5) is 38.7. The van der Waals surface area contributed by atoms with Crippen molar-refractivity contribution in [1.82, 2.24) is 13.7 Å². The van der Waals surface area contributed by atoms with Crippen LogP contribution < -0.4 is 16.8 Å². The van der Waals surface area contributed by atoms with Gasteiger partial charge in [0.05, 0.1) is 11.3 Å². The van der Waals surface area contributed by atoms with Crippen LogP contribution in [0.2, 0.25) is 0 Å². The number of hydrogen-bond acceptors (Lipinski definition) is 4. The molecule has 134 valence electrons. The summed E-state index contributed by atoms with van der Waals surface area (Å²) in [7, 11) is 1.51. The Balaban J connectivity index is 2.26. The maximum atomic E-state index is 13.1. The number of rotatable bonds is 2. The van der Waals surface area contributed by atoms with Gasteiger partial charge in [-0.15, -0.1) is 0 Å². The Bertz CT molecular complexity index is 1230. The summed E-state index contributed by atoms with van der Waals surface area (Å²) in [5.41, 5.74) is -0.912. The van der Waals surface area contributed by atoms with Crippen LogP contribution >= 0.6 is 15.9 Å². The molecule has 1 fully saturated rings. The van der Waals surface area contributed by atoms with E-state index in [9.17, 15) is 19.5 Å². The van der Waals surface area contributed by atoms with Crippen LogP contribution in [0.3, 0.4) is 0 Å². The minimum absolute atomic E-state index is 0.0148. The van der Waals surface area contributed by atoms with Gasteiger partial charge in [-0.2, -0.15) is 0 Å². The van der Waals surface area contributed by atoms with Gasteiger partial charge in [0.1, 0.15) is 16.8 Å². The average molecular weight is 418 g/mol. The molecular weight excluding hydrogens is 402 g/mol. The fourth-order valence-electron chi connectivity index (χ4n) is 3.27. The van der Waals surface area contributed by atoms with Gasteiger partial charge in [0, 0.05) is 17.6 Å². The first kappa shape index (κ1) is 16.8.